The minimum Gasteiger partial charge on any atom is -0.210 e. The fraction of sp³-hybridized carbons (Fsp3) is 1.00. The lowest BCUT2D eigenvalue weighted by atomic mass is 12.0. The van der Waals surface area contributed by atoms with Crippen LogP contribution in [0.25, 0.3) is 0 Å². The predicted octanol–water partition coefficient (Wildman–Crippen LogP) is 0.293. The lowest BCUT2D eigenvalue weighted by Crippen LogP contribution is -1.50. The van der Waals surface area contributed by atoms with E-state index < -0.39 is 7.52 Å². The maximum atomic E-state index is 8.12. The first-order valence-corrected chi connectivity index (χ1v) is 4.07. The van der Waals surface area contributed by atoms with E-state index in [9.17, 15) is 0 Å². The molecule has 5 heavy (non-hydrogen) atoms. The van der Waals surface area contributed by atoms with E-state index in [1.807, 2.05) is 0 Å². The third kappa shape index (κ3) is 4.70. The molecule has 2 nitrogen and oxygen atoms in total. The largest absolute Gasteiger partial charge is 0.350 e. The Bertz CT molecular complexity index is 43.3. The zero-order valence-corrected chi connectivity index (χ0v) is 4.46. The van der Waals surface area contributed by atoms with Crippen molar-refractivity contribution in [2.45, 2.75) is 0 Å². The van der Waals surface area contributed by atoms with Crippen molar-refractivity contribution in [3.63, 3.8) is 0 Å². The number of hydrogen-bond donors (Lipinski definition) is 2. The van der Waals surface area contributed by atoms with E-state index in [-0.39, 0.29) is 0 Å². The van der Waals surface area contributed by atoms with E-state index in [2.05, 4.69) is 0 Å². The van der Waals surface area contributed by atoms with Gasteiger partial charge in [0.05, 0.1) is 11.4 Å². The average Bonchev–Trinajstić information content (AvgIpc) is 1.35. The van der Waals surface area contributed by atoms with E-state index in [1.54, 1.807) is 0 Å². The van der Waals surface area contributed by atoms with Crippen LogP contribution in [0.2, 0.25) is 0 Å². The van der Waals surface area contributed by atoms with E-state index in [1.165, 1.54) is 6.26 Å². The van der Waals surface area contributed by atoms with Gasteiger partial charge in [-0.25, -0.2) is 9.79 Å². The Morgan fingerprint density at radius 2 is 2.20 bits per heavy atom. The van der Waals surface area contributed by atoms with E-state index in [0.717, 1.165) is 11.4 Å². The summed E-state index contributed by atoms with van der Waals surface area (Å²) in [7, 11) is -3.23. The Kier molecular flexibility index (Phi) is 2.26. The van der Waals surface area contributed by atoms with Crippen LogP contribution in [0, 0.1) is 0 Å². The molecule has 0 aromatic heterocycles. The minimum absolute atomic E-state index is 0.771. The second-order valence-corrected chi connectivity index (χ2v) is 3.38. The standard InChI is InChI=1S/CH5O2PS/c1-5-4(2)3/h2-3H,1H3/p+1/i/hD. The molecule has 0 saturated heterocycles. The highest BCUT2D eigenvalue weighted by Crippen LogP contribution is 2.37. The summed E-state index contributed by atoms with van der Waals surface area (Å²) < 4.78 is 6.37. The molecule has 0 fully saturated rings. The summed E-state index contributed by atoms with van der Waals surface area (Å²) >= 11 is 0.771. The van der Waals surface area contributed by atoms with E-state index in [0.29, 0.717) is 0 Å². The molecule has 0 atom stereocenters. The Labute approximate surface area is 37.2 Å². The zero-order valence-electron chi connectivity index (χ0n) is 3.75. The van der Waals surface area contributed by atoms with Crippen molar-refractivity contribution in [2.75, 3.05) is 6.26 Å². The van der Waals surface area contributed by atoms with E-state index in [4.69, 9.17) is 11.1 Å². The van der Waals surface area contributed by atoms with Gasteiger partial charge in [0.2, 0.25) is 0 Å². The molecule has 0 aliphatic rings. The minimum atomic E-state index is -3.23. The summed E-state index contributed by atoms with van der Waals surface area (Å²) in [5.41, 5.74) is 0. The smallest absolute Gasteiger partial charge is 0.210 e. The van der Waals surface area contributed by atoms with Crippen LogP contribution in [-0.2, 0) is 0 Å². The van der Waals surface area contributed by atoms with Crippen LogP contribution in [0.4, 0.5) is 0 Å². The Hall–Kier alpha value is 0.700. The third-order valence-electron chi connectivity index (χ3n) is 0.163. The highest BCUT2D eigenvalue weighted by Gasteiger charge is 1.96. The second-order valence-electron chi connectivity index (χ2n) is 0.435. The Morgan fingerprint density at radius 3 is 2.20 bits per heavy atom. The first-order chi connectivity index (χ1) is 2.56. The predicted molar refractivity (Wildman–Crippen MR) is 26.3 cm³/mol. The van der Waals surface area contributed by atoms with E-state index >= 15 is 0 Å². The molecule has 4 heteroatoms. The number of rotatable bonds is 1. The van der Waals surface area contributed by atoms with Crippen molar-refractivity contribution < 1.29 is 9.79 Å². The summed E-state index contributed by atoms with van der Waals surface area (Å²) in [4.78, 5) is 16.2. The molecule has 0 unspecified atom stereocenters. The molecule has 0 radical (unpaired) electrons. The van der Waals surface area contributed by atoms with Crippen molar-refractivity contribution >= 4 is 18.9 Å². The number of hydrogen-bond acceptors (Lipinski definition) is 3. The van der Waals surface area contributed by atoms with Gasteiger partial charge in [0.15, 0.2) is 0 Å². The molecule has 0 bridgehead atoms. The summed E-state index contributed by atoms with van der Waals surface area (Å²) in [6.45, 7) is 0. The molecule has 0 aliphatic carbocycles. The van der Waals surface area contributed by atoms with Gasteiger partial charge in [-0.2, -0.15) is 0 Å². The Morgan fingerprint density at radius 1 is 2.00 bits per heavy atom. The van der Waals surface area contributed by atoms with Crippen LogP contribution in [-0.4, -0.2) is 17.3 Å². The molecular formula is CH6O2PS+. The van der Waals surface area contributed by atoms with Gasteiger partial charge in [-0.15, -0.1) is 0 Å². The lowest BCUT2D eigenvalue weighted by molar-refractivity contribution is 0.506. The molecular weight excluding hydrogens is 107 g/mol. The van der Waals surface area contributed by atoms with Gasteiger partial charge < -0.3 is 0 Å². The van der Waals surface area contributed by atoms with Gasteiger partial charge in [-0.1, -0.05) is 0 Å². The van der Waals surface area contributed by atoms with Crippen molar-refractivity contribution in [1.82, 2.24) is 0 Å². The van der Waals surface area contributed by atoms with Gasteiger partial charge in [-0.05, 0) is 0 Å². The highest BCUT2D eigenvalue weighted by molar-refractivity contribution is 8.51. The monoisotopic (exact) mass is 114 g/mol. The van der Waals surface area contributed by atoms with Crippen molar-refractivity contribution in [2.24, 2.45) is 0 Å². The van der Waals surface area contributed by atoms with Crippen molar-refractivity contribution in [1.29, 1.82) is 1.28 Å². The van der Waals surface area contributed by atoms with Gasteiger partial charge in [0.25, 0.3) is 0 Å². The van der Waals surface area contributed by atoms with Crippen LogP contribution in [0.15, 0.2) is 0 Å². The van der Waals surface area contributed by atoms with Gasteiger partial charge in [-0.3, -0.25) is 0 Å². The quantitative estimate of drug-likeness (QED) is 0.481. The van der Waals surface area contributed by atoms with Crippen LogP contribution in [0.1, 0.15) is 0 Å². The first-order valence-electron chi connectivity index (χ1n) is 1.44. The van der Waals surface area contributed by atoms with Gasteiger partial charge >= 0.3 is 8.80 Å². The lowest BCUT2D eigenvalue weighted by Gasteiger charge is -1.76. The van der Waals surface area contributed by atoms with Gasteiger partial charge in [0.1, 0.15) is 0 Å². The fourth-order valence-electron chi connectivity index (χ4n) is 0. The molecule has 0 aromatic rings. The molecule has 0 rings (SSSR count). The van der Waals surface area contributed by atoms with Crippen molar-refractivity contribution in [3.8, 4) is 0 Å². The van der Waals surface area contributed by atoms with Gasteiger partial charge in [0, 0.05) is 6.26 Å². The molecule has 0 aliphatic heterocycles. The maximum Gasteiger partial charge on any atom is 0.350 e. The average molecular weight is 114 g/mol. The molecule has 0 heterocycles. The summed E-state index contributed by atoms with van der Waals surface area (Å²) in [5, 5.41) is 0. The topological polar surface area (TPSA) is 40.5 Å². The zero-order chi connectivity index (χ0) is 5.21. The maximum absolute atomic E-state index is 8.12. The Balaban J connectivity index is 3.17. The molecule has 0 spiro atoms. The van der Waals surface area contributed by atoms with Crippen LogP contribution >= 0.6 is 18.9 Å². The van der Waals surface area contributed by atoms with Crippen LogP contribution < -0.4 is 0 Å². The highest BCUT2D eigenvalue weighted by atomic mass is 32.7. The third-order valence-corrected chi connectivity index (χ3v) is 1.47. The van der Waals surface area contributed by atoms with Crippen LogP contribution in [0.5, 0.6) is 0 Å². The summed E-state index contributed by atoms with van der Waals surface area (Å²) in [5.74, 6) is 0. The van der Waals surface area contributed by atoms with Crippen LogP contribution in [0.3, 0.4) is 0 Å². The normalized spacial score (nSPS) is 14.6. The SMILES string of the molecule is [2H][P+](O)(O)SC. The molecule has 0 amide bonds. The summed E-state index contributed by atoms with van der Waals surface area (Å²) in [6.07, 6.45) is 1.49. The second kappa shape index (κ2) is 2.91. The summed E-state index contributed by atoms with van der Waals surface area (Å²) in [6, 6.07) is 0. The molecule has 0 saturated carbocycles. The fourth-order valence-corrected chi connectivity index (χ4v) is 0. The first kappa shape index (κ1) is 3.88. The van der Waals surface area contributed by atoms with Crippen molar-refractivity contribution in [3.05, 3.63) is 0 Å². The molecule has 32 valence electrons. The molecule has 2 N–H and O–H groups in total. The molecule has 0 aromatic carbocycles.